The molecule has 1 N–H and O–H groups in total. The zero-order chi connectivity index (χ0) is 16.1. The van der Waals surface area contributed by atoms with Crippen LogP contribution in [0.2, 0.25) is 0 Å². The average molecular weight is 298 g/mol. The molecule has 0 radical (unpaired) electrons. The highest BCUT2D eigenvalue weighted by Gasteiger charge is 2.48. The predicted octanol–water partition coefficient (Wildman–Crippen LogP) is 2.96. The van der Waals surface area contributed by atoms with Crippen molar-refractivity contribution in [2.24, 2.45) is 0 Å². The van der Waals surface area contributed by atoms with Gasteiger partial charge < -0.3 is 10.1 Å². The van der Waals surface area contributed by atoms with Crippen LogP contribution < -0.4 is 5.32 Å². The molecular formula is C17H34N2O2. The number of esters is 1. The third-order valence-electron chi connectivity index (χ3n) is 5.24. The van der Waals surface area contributed by atoms with Crippen LogP contribution in [0.3, 0.4) is 0 Å². The second-order valence-corrected chi connectivity index (χ2v) is 6.90. The molecule has 0 spiro atoms. The molecule has 1 fully saturated rings. The predicted molar refractivity (Wildman–Crippen MR) is 87.4 cm³/mol. The first kappa shape index (κ1) is 18.4. The number of carbonyl (C=O) groups is 1. The number of hydrogen-bond donors (Lipinski definition) is 1. The minimum atomic E-state index is -0.477. The second-order valence-electron chi connectivity index (χ2n) is 6.90. The number of nitrogens with one attached hydrogen (secondary N) is 1. The van der Waals surface area contributed by atoms with E-state index in [4.69, 9.17) is 4.74 Å². The lowest BCUT2D eigenvalue weighted by Gasteiger charge is -2.40. The average Bonchev–Trinajstić information content (AvgIpc) is 2.90. The number of ether oxygens (including phenoxy) is 1. The van der Waals surface area contributed by atoms with Gasteiger partial charge in [0.25, 0.3) is 0 Å². The Labute approximate surface area is 130 Å². The van der Waals surface area contributed by atoms with Crippen LogP contribution in [0.1, 0.15) is 66.7 Å². The number of rotatable bonds is 8. The van der Waals surface area contributed by atoms with Gasteiger partial charge in [0.1, 0.15) is 5.54 Å². The van der Waals surface area contributed by atoms with Crippen molar-refractivity contribution in [2.75, 3.05) is 20.2 Å². The summed E-state index contributed by atoms with van der Waals surface area (Å²) < 4.78 is 5.35. The molecule has 2 atom stereocenters. The Morgan fingerprint density at radius 1 is 1.38 bits per heavy atom. The molecule has 0 bridgehead atoms. The lowest BCUT2D eigenvalue weighted by atomic mass is 9.94. The molecule has 0 aromatic heterocycles. The molecule has 124 valence electrons. The van der Waals surface area contributed by atoms with Gasteiger partial charge in [0.15, 0.2) is 0 Å². The fourth-order valence-corrected chi connectivity index (χ4v) is 3.15. The first-order valence-electron chi connectivity index (χ1n) is 8.48. The number of nitrogens with zero attached hydrogens (tertiary/aromatic N) is 1. The largest absolute Gasteiger partial charge is 0.465 e. The Morgan fingerprint density at radius 3 is 2.57 bits per heavy atom. The minimum Gasteiger partial charge on any atom is -0.465 e. The van der Waals surface area contributed by atoms with Gasteiger partial charge in [-0.1, -0.05) is 13.8 Å². The van der Waals surface area contributed by atoms with Gasteiger partial charge in [0, 0.05) is 11.6 Å². The maximum atomic E-state index is 12.5. The quantitative estimate of drug-likeness (QED) is 0.700. The number of carbonyl (C=O) groups excluding carboxylic acids is 1. The summed E-state index contributed by atoms with van der Waals surface area (Å²) in [6.07, 6.45) is 4.92. The third kappa shape index (κ3) is 4.19. The van der Waals surface area contributed by atoms with Gasteiger partial charge in [0.2, 0.25) is 0 Å². The zero-order valence-electron chi connectivity index (χ0n) is 14.8. The smallest absolute Gasteiger partial charge is 0.326 e. The summed E-state index contributed by atoms with van der Waals surface area (Å²) in [6.45, 7) is 12.1. The molecule has 1 rings (SSSR count). The van der Waals surface area contributed by atoms with Gasteiger partial charge in [0.05, 0.1) is 6.61 Å². The Morgan fingerprint density at radius 2 is 2.05 bits per heavy atom. The molecule has 0 amide bonds. The molecular weight excluding hydrogens is 264 g/mol. The summed E-state index contributed by atoms with van der Waals surface area (Å²) in [5, 5.41) is 3.48. The topological polar surface area (TPSA) is 41.6 Å². The molecule has 0 saturated heterocycles. The van der Waals surface area contributed by atoms with E-state index in [1.165, 1.54) is 0 Å². The van der Waals surface area contributed by atoms with Crippen molar-refractivity contribution in [1.29, 1.82) is 0 Å². The van der Waals surface area contributed by atoms with E-state index in [9.17, 15) is 4.79 Å². The van der Waals surface area contributed by atoms with E-state index in [2.05, 4.69) is 45.0 Å². The Balaban J connectivity index is 2.83. The van der Waals surface area contributed by atoms with E-state index in [1.807, 2.05) is 6.92 Å². The first-order valence-corrected chi connectivity index (χ1v) is 8.48. The summed E-state index contributed by atoms with van der Waals surface area (Å²) >= 11 is 0. The van der Waals surface area contributed by atoms with Crippen LogP contribution in [0.5, 0.6) is 0 Å². The first-order chi connectivity index (χ1) is 9.83. The van der Waals surface area contributed by atoms with E-state index in [1.54, 1.807) is 0 Å². The van der Waals surface area contributed by atoms with Crippen LogP contribution in [0.4, 0.5) is 0 Å². The monoisotopic (exact) mass is 298 g/mol. The molecule has 21 heavy (non-hydrogen) atoms. The maximum Gasteiger partial charge on any atom is 0.326 e. The molecule has 1 aliphatic carbocycles. The van der Waals surface area contributed by atoms with Gasteiger partial charge in [-0.2, -0.15) is 0 Å². The van der Waals surface area contributed by atoms with E-state index in [-0.39, 0.29) is 11.5 Å². The van der Waals surface area contributed by atoms with E-state index < -0.39 is 5.54 Å². The molecule has 0 aromatic carbocycles. The van der Waals surface area contributed by atoms with Crippen molar-refractivity contribution in [1.82, 2.24) is 10.2 Å². The normalized spacial score (nSPS) is 26.3. The lowest BCUT2D eigenvalue weighted by Crippen LogP contribution is -2.53. The van der Waals surface area contributed by atoms with Crippen LogP contribution in [0, 0.1) is 0 Å². The zero-order valence-corrected chi connectivity index (χ0v) is 14.8. The molecule has 1 saturated carbocycles. The van der Waals surface area contributed by atoms with Gasteiger partial charge >= 0.3 is 5.97 Å². The van der Waals surface area contributed by atoms with Crippen molar-refractivity contribution in [3.05, 3.63) is 0 Å². The van der Waals surface area contributed by atoms with Gasteiger partial charge in [-0.05, 0) is 66.5 Å². The second kappa shape index (κ2) is 7.59. The SMILES string of the molecule is CCCNC1(C(=O)OCC)CCC(N(C)C(C)(C)CC)C1. The summed E-state index contributed by atoms with van der Waals surface area (Å²) in [5.74, 6) is -0.0661. The van der Waals surface area contributed by atoms with Crippen molar-refractivity contribution in [3.63, 3.8) is 0 Å². The van der Waals surface area contributed by atoms with Crippen molar-refractivity contribution < 1.29 is 9.53 Å². The summed E-state index contributed by atoms with van der Waals surface area (Å²) in [5.41, 5.74) is -0.311. The van der Waals surface area contributed by atoms with Crippen molar-refractivity contribution in [2.45, 2.75) is 83.8 Å². The molecule has 2 unspecified atom stereocenters. The molecule has 0 aliphatic heterocycles. The van der Waals surface area contributed by atoms with Gasteiger partial charge in [-0.15, -0.1) is 0 Å². The van der Waals surface area contributed by atoms with Gasteiger partial charge in [-0.25, -0.2) is 0 Å². The lowest BCUT2D eigenvalue weighted by molar-refractivity contribution is -0.151. The molecule has 0 aromatic rings. The van der Waals surface area contributed by atoms with E-state index in [0.29, 0.717) is 12.6 Å². The van der Waals surface area contributed by atoms with Crippen LogP contribution in [0.25, 0.3) is 0 Å². The van der Waals surface area contributed by atoms with Crippen LogP contribution in [-0.4, -0.2) is 48.2 Å². The van der Waals surface area contributed by atoms with Crippen LogP contribution in [-0.2, 0) is 9.53 Å². The number of hydrogen-bond acceptors (Lipinski definition) is 4. The fraction of sp³-hybridized carbons (Fsp3) is 0.941. The van der Waals surface area contributed by atoms with Crippen molar-refractivity contribution >= 4 is 5.97 Å². The Kier molecular flexibility index (Phi) is 6.67. The summed E-state index contributed by atoms with van der Waals surface area (Å²) in [6, 6.07) is 0.439. The Bertz CT molecular complexity index is 344. The molecule has 4 heteroatoms. The fourth-order valence-electron chi connectivity index (χ4n) is 3.15. The van der Waals surface area contributed by atoms with Crippen molar-refractivity contribution in [3.8, 4) is 0 Å². The van der Waals surface area contributed by atoms with Crippen LogP contribution in [0.15, 0.2) is 0 Å². The highest BCUT2D eigenvalue weighted by Crippen LogP contribution is 2.36. The van der Waals surface area contributed by atoms with E-state index in [0.717, 1.165) is 38.6 Å². The van der Waals surface area contributed by atoms with E-state index >= 15 is 0 Å². The molecule has 1 aliphatic rings. The highest BCUT2D eigenvalue weighted by molar-refractivity contribution is 5.81. The van der Waals surface area contributed by atoms with Gasteiger partial charge in [-0.3, -0.25) is 9.69 Å². The summed E-state index contributed by atoms with van der Waals surface area (Å²) in [4.78, 5) is 14.9. The minimum absolute atomic E-state index is 0.0661. The van der Waals surface area contributed by atoms with Crippen LogP contribution >= 0.6 is 0 Å². The maximum absolute atomic E-state index is 12.5. The standard InChI is InChI=1S/C17H34N2O2/c1-7-12-18-17(15(20)21-9-3)11-10-14(13-17)19(6)16(4,5)8-2/h14,18H,7-13H2,1-6H3. The molecule has 0 heterocycles. The molecule has 4 nitrogen and oxygen atoms in total. The third-order valence-corrected chi connectivity index (χ3v) is 5.24. The Hall–Kier alpha value is -0.610. The summed E-state index contributed by atoms with van der Waals surface area (Å²) in [7, 11) is 2.19. The highest BCUT2D eigenvalue weighted by atomic mass is 16.5.